The molecule has 8 nitrogen and oxygen atoms in total. The molecule has 1 aromatic carbocycles. The summed E-state index contributed by atoms with van der Waals surface area (Å²) >= 11 is 1.22. The summed E-state index contributed by atoms with van der Waals surface area (Å²) in [5.41, 5.74) is 1.94. The highest BCUT2D eigenvalue weighted by Crippen LogP contribution is 2.32. The fourth-order valence-electron chi connectivity index (χ4n) is 2.77. The van der Waals surface area contributed by atoms with Gasteiger partial charge in [-0.25, -0.2) is 14.8 Å². The standard InChI is InChI=1S/C19H20N4O4S/c1-3-14-13(9-24)15-16(20-8-10(2)25)22-19(23-17(15)21-14)28-12-6-4-5-11(7-12)18(26)27/h4-7,9-10,25H,3,8H2,1-2H3,(H,26,27)(H2,20,21,22,23)/t10-/m0/s1. The maximum absolute atomic E-state index is 11.6. The first-order valence-electron chi connectivity index (χ1n) is 8.73. The molecule has 2 aromatic heterocycles. The first kappa shape index (κ1) is 19.8. The van der Waals surface area contributed by atoms with Gasteiger partial charge in [-0.3, -0.25) is 4.79 Å². The highest BCUT2D eigenvalue weighted by Gasteiger charge is 2.18. The SMILES string of the molecule is CCc1[nH]c2nc(Sc3cccc(C(=O)O)c3)nc(NC[C@H](C)O)c2c1C=O. The van der Waals surface area contributed by atoms with Gasteiger partial charge in [0, 0.05) is 22.7 Å². The largest absolute Gasteiger partial charge is 0.478 e. The maximum atomic E-state index is 11.6. The van der Waals surface area contributed by atoms with Crippen molar-refractivity contribution in [2.24, 2.45) is 0 Å². The number of nitrogens with one attached hydrogen (secondary N) is 2. The van der Waals surface area contributed by atoms with Crippen LogP contribution in [-0.2, 0) is 6.42 Å². The van der Waals surface area contributed by atoms with Crippen molar-refractivity contribution in [2.45, 2.75) is 36.4 Å². The van der Waals surface area contributed by atoms with E-state index in [0.717, 1.165) is 12.0 Å². The second-order valence-electron chi connectivity index (χ2n) is 6.23. The zero-order chi connectivity index (χ0) is 20.3. The number of carbonyl (C=O) groups excluding carboxylic acids is 1. The summed E-state index contributed by atoms with van der Waals surface area (Å²) in [6.07, 6.45) is 0.804. The lowest BCUT2D eigenvalue weighted by Gasteiger charge is -2.11. The summed E-state index contributed by atoms with van der Waals surface area (Å²) in [5.74, 6) is -0.563. The number of hydrogen-bond donors (Lipinski definition) is 4. The molecule has 0 saturated heterocycles. The lowest BCUT2D eigenvalue weighted by Crippen LogP contribution is -2.16. The van der Waals surface area contributed by atoms with Crippen molar-refractivity contribution < 1.29 is 19.8 Å². The van der Waals surface area contributed by atoms with Gasteiger partial charge in [0.25, 0.3) is 0 Å². The summed E-state index contributed by atoms with van der Waals surface area (Å²) in [6, 6.07) is 6.50. The van der Waals surface area contributed by atoms with Gasteiger partial charge in [0.05, 0.1) is 17.1 Å². The van der Waals surface area contributed by atoms with Crippen LogP contribution in [0.15, 0.2) is 34.3 Å². The van der Waals surface area contributed by atoms with E-state index in [0.29, 0.717) is 38.9 Å². The fraction of sp³-hybridized carbons (Fsp3) is 0.263. The normalized spacial score (nSPS) is 12.1. The molecule has 146 valence electrons. The molecule has 2 heterocycles. The van der Waals surface area contributed by atoms with Crippen LogP contribution in [0, 0.1) is 0 Å². The van der Waals surface area contributed by atoms with E-state index in [2.05, 4.69) is 20.3 Å². The molecule has 0 radical (unpaired) electrons. The van der Waals surface area contributed by atoms with E-state index in [1.807, 2.05) is 6.92 Å². The number of aldehydes is 1. The van der Waals surface area contributed by atoms with Crippen molar-refractivity contribution in [1.29, 1.82) is 0 Å². The van der Waals surface area contributed by atoms with Crippen molar-refractivity contribution in [3.8, 4) is 0 Å². The molecule has 0 aliphatic carbocycles. The number of carboxylic acid groups (broad SMARTS) is 1. The number of rotatable bonds is 8. The molecule has 0 aliphatic heterocycles. The van der Waals surface area contributed by atoms with Crippen molar-refractivity contribution in [2.75, 3.05) is 11.9 Å². The number of aromatic nitrogens is 3. The maximum Gasteiger partial charge on any atom is 0.335 e. The van der Waals surface area contributed by atoms with Gasteiger partial charge in [-0.1, -0.05) is 13.0 Å². The molecule has 0 bridgehead atoms. The van der Waals surface area contributed by atoms with Gasteiger partial charge >= 0.3 is 5.97 Å². The van der Waals surface area contributed by atoms with Gasteiger partial charge in [-0.2, -0.15) is 0 Å². The van der Waals surface area contributed by atoms with Crippen LogP contribution >= 0.6 is 11.8 Å². The molecule has 0 amide bonds. The van der Waals surface area contributed by atoms with E-state index >= 15 is 0 Å². The van der Waals surface area contributed by atoms with Crippen LogP contribution in [0.4, 0.5) is 5.82 Å². The van der Waals surface area contributed by atoms with Crippen LogP contribution in [0.1, 0.15) is 40.3 Å². The predicted octanol–water partition coefficient (Wildman–Crippen LogP) is 2.97. The Morgan fingerprint density at radius 1 is 1.39 bits per heavy atom. The average molecular weight is 400 g/mol. The third-order valence-corrected chi connectivity index (χ3v) is 4.93. The Morgan fingerprint density at radius 3 is 2.82 bits per heavy atom. The summed E-state index contributed by atoms with van der Waals surface area (Å²) < 4.78 is 0. The third kappa shape index (κ3) is 4.15. The Morgan fingerprint density at radius 2 is 2.18 bits per heavy atom. The molecule has 1 atom stereocenters. The number of aliphatic hydroxyl groups excluding tert-OH is 1. The van der Waals surface area contributed by atoms with Gasteiger partial charge in [0.2, 0.25) is 0 Å². The summed E-state index contributed by atoms with van der Waals surface area (Å²) in [4.78, 5) is 35.6. The smallest absolute Gasteiger partial charge is 0.335 e. The fourth-order valence-corrected chi connectivity index (χ4v) is 3.59. The van der Waals surface area contributed by atoms with E-state index in [1.54, 1.807) is 25.1 Å². The number of aromatic carboxylic acids is 1. The number of aliphatic hydroxyl groups is 1. The highest BCUT2D eigenvalue weighted by atomic mass is 32.2. The van der Waals surface area contributed by atoms with Gasteiger partial charge in [-0.15, -0.1) is 0 Å². The Kier molecular flexibility index (Phi) is 5.96. The first-order chi connectivity index (χ1) is 13.4. The summed E-state index contributed by atoms with van der Waals surface area (Å²) in [6.45, 7) is 3.84. The molecule has 0 saturated carbocycles. The number of nitrogens with zero attached hydrogens (tertiary/aromatic N) is 2. The van der Waals surface area contributed by atoms with Gasteiger partial charge < -0.3 is 20.5 Å². The van der Waals surface area contributed by atoms with Crippen LogP contribution in [0.3, 0.4) is 0 Å². The second-order valence-corrected chi connectivity index (χ2v) is 7.27. The van der Waals surface area contributed by atoms with Gasteiger partial charge in [0.15, 0.2) is 11.4 Å². The minimum absolute atomic E-state index is 0.176. The van der Waals surface area contributed by atoms with Crippen LogP contribution in [0.25, 0.3) is 11.0 Å². The van der Waals surface area contributed by atoms with Crippen molar-refractivity contribution in [3.05, 3.63) is 41.1 Å². The van der Waals surface area contributed by atoms with Crippen LogP contribution in [-0.4, -0.2) is 50.1 Å². The number of benzene rings is 1. The molecule has 0 unspecified atom stereocenters. The Hall–Kier alpha value is -2.91. The molecule has 0 aliphatic rings. The molecular formula is C19H20N4O4S. The van der Waals surface area contributed by atoms with Crippen molar-refractivity contribution in [3.63, 3.8) is 0 Å². The van der Waals surface area contributed by atoms with E-state index in [-0.39, 0.29) is 12.1 Å². The average Bonchev–Trinajstić information content (AvgIpc) is 3.03. The minimum atomic E-state index is -1.01. The summed E-state index contributed by atoms with van der Waals surface area (Å²) in [7, 11) is 0. The quantitative estimate of drug-likeness (QED) is 0.336. The van der Waals surface area contributed by atoms with Crippen LogP contribution < -0.4 is 5.32 Å². The molecule has 28 heavy (non-hydrogen) atoms. The molecule has 3 aromatic rings. The number of anilines is 1. The third-order valence-electron chi connectivity index (χ3n) is 4.08. The zero-order valence-electron chi connectivity index (χ0n) is 15.4. The number of carboxylic acids is 1. The molecule has 9 heteroatoms. The number of fused-ring (bicyclic) bond motifs is 1. The number of aryl methyl sites for hydroxylation is 1. The van der Waals surface area contributed by atoms with E-state index in [9.17, 15) is 14.7 Å². The van der Waals surface area contributed by atoms with Crippen molar-refractivity contribution >= 4 is 40.9 Å². The lowest BCUT2D eigenvalue weighted by atomic mass is 10.1. The zero-order valence-corrected chi connectivity index (χ0v) is 16.2. The van der Waals surface area contributed by atoms with Gasteiger partial charge in [0.1, 0.15) is 11.5 Å². The van der Waals surface area contributed by atoms with E-state index in [4.69, 9.17) is 5.11 Å². The van der Waals surface area contributed by atoms with Crippen molar-refractivity contribution in [1.82, 2.24) is 15.0 Å². The molecule has 0 fully saturated rings. The topological polar surface area (TPSA) is 128 Å². The Labute approximate surface area is 165 Å². The highest BCUT2D eigenvalue weighted by molar-refractivity contribution is 7.99. The van der Waals surface area contributed by atoms with E-state index < -0.39 is 12.1 Å². The Bertz CT molecular complexity index is 1030. The number of aromatic amines is 1. The monoisotopic (exact) mass is 400 g/mol. The van der Waals surface area contributed by atoms with Crippen LogP contribution in [0.2, 0.25) is 0 Å². The molecular weight excluding hydrogens is 380 g/mol. The Balaban J connectivity index is 2.07. The molecule has 3 rings (SSSR count). The molecule has 0 spiro atoms. The number of H-pyrrole nitrogens is 1. The number of carbonyl (C=O) groups is 2. The predicted molar refractivity (Wildman–Crippen MR) is 106 cm³/mol. The summed E-state index contributed by atoms with van der Waals surface area (Å²) in [5, 5.41) is 22.8. The van der Waals surface area contributed by atoms with Gasteiger partial charge in [-0.05, 0) is 43.3 Å². The first-order valence-corrected chi connectivity index (χ1v) is 9.55. The molecule has 4 N–H and O–H groups in total. The number of hydrogen-bond acceptors (Lipinski definition) is 7. The lowest BCUT2D eigenvalue weighted by molar-refractivity contribution is 0.0696. The van der Waals surface area contributed by atoms with E-state index in [1.165, 1.54) is 17.8 Å². The minimum Gasteiger partial charge on any atom is -0.478 e. The van der Waals surface area contributed by atoms with Crippen LogP contribution in [0.5, 0.6) is 0 Å². The second kappa shape index (κ2) is 8.41.